The smallest absolute Gasteiger partial charge is 0.249 e. The van der Waals surface area contributed by atoms with Gasteiger partial charge in [0.2, 0.25) is 17.8 Å². The maximum absolute atomic E-state index is 13.4. The zero-order valence-electron chi connectivity index (χ0n) is 20.2. The SMILES string of the molecule is CC(=O)N1CCC(CC(=O)n2ncc3c(-c4ccc5[nH]cnc5c4)nc(N4CCOCC4)nc32)CC1. The Labute approximate surface area is 207 Å². The molecule has 2 saturated heterocycles. The molecule has 0 aliphatic carbocycles. The van der Waals surface area contributed by atoms with Gasteiger partial charge < -0.3 is 19.5 Å². The molecule has 2 aliphatic rings. The lowest BCUT2D eigenvalue weighted by Gasteiger charge is -2.30. The lowest BCUT2D eigenvalue weighted by Crippen LogP contribution is -2.38. The number of carbonyl (C=O) groups is 2. The third kappa shape index (κ3) is 4.19. The number of nitrogens with zero attached hydrogens (tertiary/aromatic N) is 7. The molecule has 2 fully saturated rings. The number of piperidine rings is 1. The molecule has 4 aromatic rings. The monoisotopic (exact) mass is 488 g/mol. The number of hydrogen-bond acceptors (Lipinski definition) is 8. The molecule has 0 radical (unpaired) electrons. The van der Waals surface area contributed by atoms with E-state index in [2.05, 4.69) is 20.0 Å². The van der Waals surface area contributed by atoms with Gasteiger partial charge in [-0.2, -0.15) is 14.8 Å². The van der Waals surface area contributed by atoms with Crippen molar-refractivity contribution in [2.24, 2.45) is 5.92 Å². The number of anilines is 1. The van der Waals surface area contributed by atoms with Crippen LogP contribution in [0.4, 0.5) is 5.95 Å². The van der Waals surface area contributed by atoms with Gasteiger partial charge in [-0.25, -0.2) is 9.97 Å². The molecule has 0 bridgehead atoms. The highest BCUT2D eigenvalue weighted by Crippen LogP contribution is 2.31. The Kier molecular flexibility index (Phi) is 5.84. The molecule has 11 nitrogen and oxygen atoms in total. The van der Waals surface area contributed by atoms with Crippen LogP contribution in [0.2, 0.25) is 0 Å². The van der Waals surface area contributed by atoms with Gasteiger partial charge in [0.1, 0.15) is 0 Å². The highest BCUT2D eigenvalue weighted by atomic mass is 16.5. The van der Waals surface area contributed by atoms with Crippen LogP contribution >= 0.6 is 0 Å². The summed E-state index contributed by atoms with van der Waals surface area (Å²) < 4.78 is 6.94. The van der Waals surface area contributed by atoms with Gasteiger partial charge in [0.25, 0.3) is 0 Å². The summed E-state index contributed by atoms with van der Waals surface area (Å²) in [6, 6.07) is 5.95. The highest BCUT2D eigenvalue weighted by Gasteiger charge is 2.26. The maximum atomic E-state index is 13.4. The molecular formula is C25H28N8O3. The van der Waals surface area contributed by atoms with Gasteiger partial charge in [-0.3, -0.25) is 9.59 Å². The summed E-state index contributed by atoms with van der Waals surface area (Å²) >= 11 is 0. The first-order valence-electron chi connectivity index (χ1n) is 12.4. The highest BCUT2D eigenvalue weighted by molar-refractivity contribution is 5.97. The van der Waals surface area contributed by atoms with Crippen LogP contribution in [0.25, 0.3) is 33.3 Å². The molecule has 1 N–H and O–H groups in total. The molecule has 5 heterocycles. The van der Waals surface area contributed by atoms with E-state index in [1.165, 1.54) is 4.68 Å². The molecule has 0 saturated carbocycles. The molecule has 1 aromatic carbocycles. The molecule has 3 aromatic heterocycles. The van der Waals surface area contributed by atoms with Crippen molar-refractivity contribution >= 4 is 39.8 Å². The average molecular weight is 489 g/mol. The Bertz CT molecular complexity index is 1430. The molecule has 0 atom stereocenters. The van der Waals surface area contributed by atoms with Gasteiger partial charge in [-0.15, -0.1) is 0 Å². The fraction of sp³-hybridized carbons (Fsp3) is 0.440. The minimum atomic E-state index is -0.0911. The summed E-state index contributed by atoms with van der Waals surface area (Å²) in [6.07, 6.45) is 5.34. The minimum Gasteiger partial charge on any atom is -0.378 e. The fourth-order valence-electron chi connectivity index (χ4n) is 5.07. The zero-order valence-corrected chi connectivity index (χ0v) is 20.2. The third-order valence-electron chi connectivity index (χ3n) is 7.16. The van der Waals surface area contributed by atoms with E-state index in [9.17, 15) is 9.59 Å². The molecule has 6 rings (SSSR count). The van der Waals surface area contributed by atoms with Gasteiger partial charge in [-0.05, 0) is 30.9 Å². The van der Waals surface area contributed by atoms with E-state index in [-0.39, 0.29) is 17.7 Å². The van der Waals surface area contributed by atoms with Crippen LogP contribution < -0.4 is 4.90 Å². The lowest BCUT2D eigenvalue weighted by molar-refractivity contribution is -0.130. The first-order chi connectivity index (χ1) is 17.6. The molecule has 2 aliphatic heterocycles. The summed E-state index contributed by atoms with van der Waals surface area (Å²) in [4.78, 5) is 46.2. The van der Waals surface area contributed by atoms with Crippen LogP contribution in [0.15, 0.2) is 30.7 Å². The fourth-order valence-corrected chi connectivity index (χ4v) is 5.07. The Morgan fingerprint density at radius 2 is 1.92 bits per heavy atom. The second-order valence-corrected chi connectivity index (χ2v) is 9.45. The van der Waals surface area contributed by atoms with E-state index in [0.29, 0.717) is 57.4 Å². The van der Waals surface area contributed by atoms with E-state index in [4.69, 9.17) is 14.7 Å². The summed E-state index contributed by atoms with van der Waals surface area (Å²) in [7, 11) is 0. The van der Waals surface area contributed by atoms with Crippen molar-refractivity contribution in [3.63, 3.8) is 0 Å². The number of fused-ring (bicyclic) bond motifs is 2. The van der Waals surface area contributed by atoms with Crippen LogP contribution in [0.1, 0.15) is 31.0 Å². The van der Waals surface area contributed by atoms with Crippen LogP contribution in [0.5, 0.6) is 0 Å². The number of amides is 1. The number of hydrogen-bond donors (Lipinski definition) is 1. The number of ether oxygens (including phenoxy) is 1. The molecule has 11 heteroatoms. The number of carbonyl (C=O) groups excluding carboxylic acids is 2. The largest absolute Gasteiger partial charge is 0.378 e. The lowest BCUT2D eigenvalue weighted by atomic mass is 9.93. The Morgan fingerprint density at radius 1 is 1.11 bits per heavy atom. The molecule has 36 heavy (non-hydrogen) atoms. The van der Waals surface area contributed by atoms with Crippen molar-refractivity contribution in [1.29, 1.82) is 0 Å². The molecule has 186 valence electrons. The number of benzene rings is 1. The van der Waals surface area contributed by atoms with E-state index in [1.54, 1.807) is 19.4 Å². The molecule has 0 spiro atoms. The zero-order chi connectivity index (χ0) is 24.6. The summed E-state index contributed by atoms with van der Waals surface area (Å²) in [5.74, 6) is 0.777. The Morgan fingerprint density at radius 3 is 2.69 bits per heavy atom. The number of imidazole rings is 1. The number of likely N-dealkylation sites (tertiary alicyclic amines) is 1. The number of aromatic amines is 1. The predicted octanol–water partition coefficient (Wildman–Crippen LogP) is 2.50. The third-order valence-corrected chi connectivity index (χ3v) is 7.16. The van der Waals surface area contributed by atoms with Crippen molar-refractivity contribution in [2.75, 3.05) is 44.3 Å². The number of aromatic nitrogens is 6. The Hall–Kier alpha value is -3.86. The first-order valence-corrected chi connectivity index (χ1v) is 12.4. The van der Waals surface area contributed by atoms with Crippen molar-refractivity contribution in [3.8, 4) is 11.3 Å². The van der Waals surface area contributed by atoms with Crippen molar-refractivity contribution in [3.05, 3.63) is 30.7 Å². The molecular weight excluding hydrogens is 460 g/mol. The van der Waals surface area contributed by atoms with Crippen molar-refractivity contribution in [2.45, 2.75) is 26.2 Å². The Balaban J connectivity index is 1.36. The van der Waals surface area contributed by atoms with Gasteiger partial charge in [0.05, 0.1) is 47.9 Å². The van der Waals surface area contributed by atoms with Gasteiger partial charge in [0.15, 0.2) is 5.65 Å². The molecule has 1 amide bonds. The van der Waals surface area contributed by atoms with Crippen molar-refractivity contribution in [1.82, 2.24) is 34.6 Å². The average Bonchev–Trinajstić information content (AvgIpc) is 3.55. The van der Waals surface area contributed by atoms with Gasteiger partial charge in [0, 0.05) is 45.1 Å². The summed E-state index contributed by atoms with van der Waals surface area (Å²) in [5, 5.41) is 5.19. The standard InChI is InChI=1S/C25H28N8O3/c1-16(34)31-6-4-17(5-7-31)12-22(35)33-24-19(14-28-33)23(18-2-3-20-21(13-18)27-15-26-20)29-25(30-24)32-8-10-36-11-9-32/h2-3,13-15,17H,4-12H2,1H3,(H,26,27). The van der Waals surface area contributed by atoms with Crippen LogP contribution in [-0.2, 0) is 9.53 Å². The second-order valence-electron chi connectivity index (χ2n) is 9.45. The van der Waals surface area contributed by atoms with E-state index in [1.807, 2.05) is 23.1 Å². The second kappa shape index (κ2) is 9.30. The number of rotatable bonds is 4. The van der Waals surface area contributed by atoms with Crippen LogP contribution in [0, 0.1) is 5.92 Å². The van der Waals surface area contributed by atoms with Gasteiger partial charge >= 0.3 is 0 Å². The van der Waals surface area contributed by atoms with Crippen LogP contribution in [-0.4, -0.2) is 85.8 Å². The normalized spacial score (nSPS) is 17.2. The van der Waals surface area contributed by atoms with Crippen molar-refractivity contribution < 1.29 is 14.3 Å². The minimum absolute atomic E-state index is 0.0887. The topological polar surface area (TPSA) is 122 Å². The van der Waals surface area contributed by atoms with Crippen LogP contribution in [0.3, 0.4) is 0 Å². The molecule has 0 unspecified atom stereocenters. The maximum Gasteiger partial charge on any atom is 0.249 e. The summed E-state index contributed by atoms with van der Waals surface area (Å²) in [5.41, 5.74) is 3.90. The predicted molar refractivity (Wildman–Crippen MR) is 134 cm³/mol. The first kappa shape index (κ1) is 22.6. The van der Waals surface area contributed by atoms with E-state index >= 15 is 0 Å². The van der Waals surface area contributed by atoms with E-state index < -0.39 is 0 Å². The number of morpholine rings is 1. The quantitative estimate of drug-likeness (QED) is 0.465. The van der Waals surface area contributed by atoms with E-state index in [0.717, 1.165) is 40.5 Å². The van der Waals surface area contributed by atoms with Gasteiger partial charge in [-0.1, -0.05) is 6.07 Å². The number of nitrogens with one attached hydrogen (secondary N) is 1. The summed E-state index contributed by atoms with van der Waals surface area (Å²) in [6.45, 7) is 5.54. The number of H-pyrrole nitrogens is 1.